The largest absolute Gasteiger partial charge is 0.496 e. The topological polar surface area (TPSA) is 105 Å². The fourth-order valence-corrected chi connectivity index (χ4v) is 2.71. The Labute approximate surface area is 157 Å². The molecule has 0 saturated heterocycles. The van der Waals surface area contributed by atoms with E-state index in [4.69, 9.17) is 4.74 Å². The highest BCUT2D eigenvalue weighted by Crippen LogP contribution is 2.34. The molecular formula is C19H23N3O5. The molecule has 0 bridgehead atoms. The van der Waals surface area contributed by atoms with Crippen LogP contribution < -0.4 is 15.0 Å². The van der Waals surface area contributed by atoms with Gasteiger partial charge in [0.05, 0.1) is 29.7 Å². The molecule has 2 aromatic rings. The molecular weight excluding hydrogens is 350 g/mol. The van der Waals surface area contributed by atoms with Gasteiger partial charge in [-0.05, 0) is 12.5 Å². The number of nitrogens with zero attached hydrogens (tertiary/aromatic N) is 2. The van der Waals surface area contributed by atoms with Crippen LogP contribution in [0.25, 0.3) is 0 Å². The van der Waals surface area contributed by atoms with E-state index in [9.17, 15) is 20.0 Å². The number of amides is 1. The normalized spacial score (nSPS) is 12.8. The van der Waals surface area contributed by atoms with Crippen molar-refractivity contribution >= 4 is 17.3 Å². The van der Waals surface area contributed by atoms with Crippen LogP contribution in [0.5, 0.6) is 5.75 Å². The van der Waals surface area contributed by atoms with E-state index in [2.05, 4.69) is 5.32 Å². The van der Waals surface area contributed by atoms with Crippen LogP contribution in [0.1, 0.15) is 28.9 Å². The lowest BCUT2D eigenvalue weighted by Gasteiger charge is -2.22. The Morgan fingerprint density at radius 3 is 2.41 bits per heavy atom. The van der Waals surface area contributed by atoms with Crippen LogP contribution in [0.15, 0.2) is 42.5 Å². The molecule has 1 amide bonds. The molecule has 0 fully saturated rings. The molecule has 0 heterocycles. The number of carbonyl (C=O) groups is 1. The second kappa shape index (κ2) is 8.50. The molecule has 2 aromatic carbocycles. The number of carbonyl (C=O) groups excluding carboxylic acids is 1. The quantitative estimate of drug-likeness (QED) is 0.571. The summed E-state index contributed by atoms with van der Waals surface area (Å²) in [4.78, 5) is 25.1. The molecule has 0 saturated carbocycles. The number of nitrogens with one attached hydrogen (secondary N) is 1. The van der Waals surface area contributed by atoms with Crippen LogP contribution in [0, 0.1) is 10.1 Å². The van der Waals surface area contributed by atoms with Crippen molar-refractivity contribution in [3.05, 3.63) is 63.7 Å². The molecule has 2 N–H and O–H groups in total. The van der Waals surface area contributed by atoms with Crippen molar-refractivity contribution in [3.8, 4) is 5.75 Å². The third kappa shape index (κ3) is 4.53. The number of hydrogen-bond acceptors (Lipinski definition) is 6. The monoisotopic (exact) mass is 373 g/mol. The maximum Gasteiger partial charge on any atom is 0.293 e. The van der Waals surface area contributed by atoms with E-state index in [0.717, 1.165) is 0 Å². The smallest absolute Gasteiger partial charge is 0.293 e. The first-order valence-corrected chi connectivity index (χ1v) is 8.33. The minimum Gasteiger partial charge on any atom is -0.496 e. The zero-order valence-corrected chi connectivity index (χ0v) is 15.7. The lowest BCUT2D eigenvalue weighted by atomic mass is 10.0. The second-order valence-corrected chi connectivity index (χ2v) is 6.31. The Kier molecular flexibility index (Phi) is 6.36. The summed E-state index contributed by atoms with van der Waals surface area (Å²) in [5.74, 6) is -0.356. The fraction of sp³-hybridized carbons (Fsp3) is 0.316. The molecule has 0 aromatic heterocycles. The molecule has 0 unspecified atom stereocenters. The van der Waals surface area contributed by atoms with Crippen LogP contribution in [0.3, 0.4) is 0 Å². The van der Waals surface area contributed by atoms with E-state index in [-0.39, 0.29) is 17.0 Å². The third-order valence-corrected chi connectivity index (χ3v) is 4.19. The first kappa shape index (κ1) is 20.2. The van der Waals surface area contributed by atoms with Gasteiger partial charge in [-0.25, -0.2) is 0 Å². The SMILES string of the molecule is COc1cc(N(C)C)c([N+](=O)[O-])cc1C(=O)N[C@@H](C)[C@H](O)c1ccccc1. The summed E-state index contributed by atoms with van der Waals surface area (Å²) in [6, 6.07) is 10.9. The summed E-state index contributed by atoms with van der Waals surface area (Å²) in [6.45, 7) is 1.66. The number of nitro benzene ring substituents is 1. The van der Waals surface area contributed by atoms with Crippen LogP contribution in [-0.4, -0.2) is 43.2 Å². The minimum atomic E-state index is -0.919. The Hall–Kier alpha value is -3.13. The van der Waals surface area contributed by atoms with Gasteiger partial charge in [0.1, 0.15) is 11.4 Å². The first-order valence-electron chi connectivity index (χ1n) is 8.33. The summed E-state index contributed by atoms with van der Waals surface area (Å²) < 4.78 is 5.25. The molecule has 144 valence electrons. The average Bonchev–Trinajstić information content (AvgIpc) is 2.66. The predicted molar refractivity (Wildman–Crippen MR) is 102 cm³/mol. The number of nitro groups is 1. The molecule has 2 atom stereocenters. The van der Waals surface area contributed by atoms with Crippen molar-refractivity contribution in [1.29, 1.82) is 0 Å². The maximum absolute atomic E-state index is 12.7. The van der Waals surface area contributed by atoms with Crippen LogP contribution in [0.4, 0.5) is 11.4 Å². The van der Waals surface area contributed by atoms with E-state index in [1.165, 1.54) is 19.2 Å². The Bertz CT molecular complexity index is 824. The van der Waals surface area contributed by atoms with Crippen LogP contribution >= 0.6 is 0 Å². The van der Waals surface area contributed by atoms with E-state index in [1.807, 2.05) is 6.07 Å². The van der Waals surface area contributed by atoms with Crippen molar-refractivity contribution in [1.82, 2.24) is 5.32 Å². The van der Waals surface area contributed by atoms with Gasteiger partial charge in [-0.3, -0.25) is 14.9 Å². The molecule has 0 aliphatic carbocycles. The number of benzene rings is 2. The van der Waals surface area contributed by atoms with E-state index in [1.54, 1.807) is 50.2 Å². The van der Waals surface area contributed by atoms with Gasteiger partial charge >= 0.3 is 0 Å². The Morgan fingerprint density at radius 1 is 1.26 bits per heavy atom. The molecule has 0 spiro atoms. The fourth-order valence-electron chi connectivity index (χ4n) is 2.71. The van der Waals surface area contributed by atoms with Gasteiger partial charge < -0.3 is 20.1 Å². The summed E-state index contributed by atoms with van der Waals surface area (Å²) in [6.07, 6.45) is -0.919. The number of methoxy groups -OCH3 is 1. The third-order valence-electron chi connectivity index (χ3n) is 4.19. The van der Waals surface area contributed by atoms with Gasteiger partial charge in [-0.1, -0.05) is 30.3 Å². The van der Waals surface area contributed by atoms with E-state index in [0.29, 0.717) is 11.3 Å². The summed E-state index contributed by atoms with van der Waals surface area (Å²) >= 11 is 0. The first-order chi connectivity index (χ1) is 12.8. The van der Waals surface area contributed by atoms with Crippen molar-refractivity contribution < 1.29 is 19.6 Å². The van der Waals surface area contributed by atoms with Gasteiger partial charge in [0.2, 0.25) is 0 Å². The van der Waals surface area contributed by atoms with Crippen molar-refractivity contribution in [2.45, 2.75) is 19.1 Å². The molecule has 27 heavy (non-hydrogen) atoms. The zero-order chi connectivity index (χ0) is 20.1. The summed E-state index contributed by atoms with van der Waals surface area (Å²) in [5.41, 5.74) is 0.807. The highest BCUT2D eigenvalue weighted by atomic mass is 16.6. The lowest BCUT2D eigenvalue weighted by Crippen LogP contribution is -2.37. The van der Waals surface area contributed by atoms with E-state index >= 15 is 0 Å². The molecule has 8 nitrogen and oxygen atoms in total. The number of anilines is 1. The highest BCUT2D eigenvalue weighted by molar-refractivity contribution is 5.99. The number of aliphatic hydroxyl groups excluding tert-OH is 1. The Balaban J connectivity index is 2.32. The average molecular weight is 373 g/mol. The second-order valence-electron chi connectivity index (χ2n) is 6.31. The van der Waals surface area contributed by atoms with E-state index < -0.39 is 23.0 Å². The van der Waals surface area contributed by atoms with Crippen molar-refractivity contribution in [2.24, 2.45) is 0 Å². The summed E-state index contributed by atoms with van der Waals surface area (Å²) in [7, 11) is 4.72. The van der Waals surface area contributed by atoms with Crippen molar-refractivity contribution in [3.63, 3.8) is 0 Å². The zero-order valence-electron chi connectivity index (χ0n) is 15.7. The highest BCUT2D eigenvalue weighted by Gasteiger charge is 2.26. The van der Waals surface area contributed by atoms with Gasteiger partial charge in [-0.2, -0.15) is 0 Å². The van der Waals surface area contributed by atoms with Gasteiger partial charge in [0.25, 0.3) is 11.6 Å². The maximum atomic E-state index is 12.7. The number of hydrogen-bond donors (Lipinski definition) is 2. The Morgan fingerprint density at radius 2 is 1.89 bits per heavy atom. The standard InChI is InChI=1S/C19H23N3O5/c1-12(18(23)13-8-6-5-7-9-13)20-19(24)14-10-16(22(25)26)15(21(2)3)11-17(14)27-4/h5-12,18,23H,1-4H3,(H,20,24)/t12-,18-/m0/s1. The predicted octanol–water partition coefficient (Wildman–Crippen LogP) is 2.52. The molecule has 0 radical (unpaired) electrons. The minimum absolute atomic E-state index is 0.0295. The summed E-state index contributed by atoms with van der Waals surface area (Å²) in [5, 5.41) is 24.5. The number of ether oxygens (including phenoxy) is 1. The van der Waals surface area contributed by atoms with Crippen LogP contribution in [0.2, 0.25) is 0 Å². The van der Waals surface area contributed by atoms with Gasteiger partial charge in [0, 0.05) is 26.2 Å². The number of rotatable bonds is 7. The molecule has 2 rings (SSSR count). The lowest BCUT2D eigenvalue weighted by molar-refractivity contribution is -0.384. The van der Waals surface area contributed by atoms with Gasteiger partial charge in [-0.15, -0.1) is 0 Å². The van der Waals surface area contributed by atoms with Crippen LogP contribution in [-0.2, 0) is 0 Å². The molecule has 0 aliphatic rings. The van der Waals surface area contributed by atoms with Gasteiger partial charge in [0.15, 0.2) is 0 Å². The molecule has 0 aliphatic heterocycles. The van der Waals surface area contributed by atoms with Crippen molar-refractivity contribution in [2.75, 3.05) is 26.1 Å². The number of aliphatic hydroxyl groups is 1. The molecule has 8 heteroatoms.